The second-order valence-electron chi connectivity index (χ2n) is 6.16. The van der Waals surface area contributed by atoms with Gasteiger partial charge < -0.3 is 19.4 Å². The first-order valence-corrected chi connectivity index (χ1v) is 9.06. The van der Waals surface area contributed by atoms with Crippen molar-refractivity contribution in [3.63, 3.8) is 0 Å². The monoisotopic (exact) mass is 347 g/mol. The van der Waals surface area contributed by atoms with Gasteiger partial charge in [-0.05, 0) is 37.7 Å². The molecule has 1 heterocycles. The van der Waals surface area contributed by atoms with E-state index in [-0.39, 0.29) is 11.8 Å². The predicted molar refractivity (Wildman–Crippen MR) is 98.9 cm³/mol. The number of carbonyl (C=O) groups is 2. The maximum atomic E-state index is 12.4. The van der Waals surface area contributed by atoms with Crippen LogP contribution in [0.1, 0.15) is 27.2 Å². The molecule has 0 N–H and O–H groups in total. The third-order valence-electron chi connectivity index (χ3n) is 4.56. The molecule has 0 aliphatic carbocycles. The Morgan fingerprint density at radius 1 is 1.08 bits per heavy atom. The van der Waals surface area contributed by atoms with Crippen LogP contribution in [0.5, 0.6) is 5.75 Å². The summed E-state index contributed by atoms with van der Waals surface area (Å²) >= 11 is 0. The lowest BCUT2D eigenvalue weighted by Crippen LogP contribution is -2.49. The number of nitrogens with zero attached hydrogens (tertiary/aromatic N) is 3. The van der Waals surface area contributed by atoms with Crippen LogP contribution in [0.15, 0.2) is 24.3 Å². The maximum absolute atomic E-state index is 12.4. The molecule has 0 saturated carbocycles. The number of benzene rings is 1. The van der Waals surface area contributed by atoms with E-state index >= 15 is 0 Å². The second-order valence-corrected chi connectivity index (χ2v) is 6.16. The topological polar surface area (TPSA) is 53.1 Å². The van der Waals surface area contributed by atoms with Gasteiger partial charge in [0.1, 0.15) is 5.75 Å². The summed E-state index contributed by atoms with van der Waals surface area (Å²) in [4.78, 5) is 30.3. The van der Waals surface area contributed by atoms with Crippen LogP contribution in [0.25, 0.3) is 0 Å². The molecule has 0 radical (unpaired) electrons. The molecule has 138 valence electrons. The zero-order valence-electron chi connectivity index (χ0n) is 15.5. The number of ether oxygens (including phenoxy) is 1. The van der Waals surface area contributed by atoms with Crippen molar-refractivity contribution in [2.45, 2.75) is 27.2 Å². The molecule has 0 spiro atoms. The molecule has 1 aliphatic rings. The van der Waals surface area contributed by atoms with Crippen LogP contribution in [0, 0.1) is 0 Å². The number of hydrogen-bond acceptors (Lipinski definition) is 4. The lowest BCUT2D eigenvalue weighted by atomic mass is 10.2. The first kappa shape index (κ1) is 19.2. The van der Waals surface area contributed by atoms with Crippen molar-refractivity contribution in [3.8, 4) is 5.75 Å². The number of amides is 2. The van der Waals surface area contributed by atoms with Crippen molar-refractivity contribution in [3.05, 3.63) is 24.3 Å². The number of hydrogen-bond donors (Lipinski definition) is 0. The average molecular weight is 347 g/mol. The summed E-state index contributed by atoms with van der Waals surface area (Å²) in [6, 6.07) is 7.41. The molecule has 0 atom stereocenters. The van der Waals surface area contributed by atoms with Crippen molar-refractivity contribution >= 4 is 17.5 Å². The number of anilines is 1. The fourth-order valence-corrected chi connectivity index (χ4v) is 3.04. The van der Waals surface area contributed by atoms with Gasteiger partial charge >= 0.3 is 0 Å². The third-order valence-corrected chi connectivity index (χ3v) is 4.56. The lowest BCUT2D eigenvalue weighted by molar-refractivity contribution is -0.132. The molecule has 1 saturated heterocycles. The van der Waals surface area contributed by atoms with Crippen molar-refractivity contribution in [2.24, 2.45) is 0 Å². The van der Waals surface area contributed by atoms with E-state index < -0.39 is 0 Å². The van der Waals surface area contributed by atoms with Gasteiger partial charge in [-0.2, -0.15) is 0 Å². The largest absolute Gasteiger partial charge is 0.494 e. The van der Waals surface area contributed by atoms with Gasteiger partial charge in [0.05, 0.1) is 6.61 Å². The highest BCUT2D eigenvalue weighted by Gasteiger charge is 2.21. The Kier molecular flexibility index (Phi) is 7.25. The molecule has 6 heteroatoms. The minimum absolute atomic E-state index is 0.0623. The van der Waals surface area contributed by atoms with Gasteiger partial charge in [-0.25, -0.2) is 0 Å². The molecular weight excluding hydrogens is 318 g/mol. The highest BCUT2D eigenvalue weighted by atomic mass is 16.5. The van der Waals surface area contributed by atoms with Crippen LogP contribution in [0.3, 0.4) is 0 Å². The summed E-state index contributed by atoms with van der Waals surface area (Å²) in [6.07, 6.45) is 0.346. The van der Waals surface area contributed by atoms with Crippen molar-refractivity contribution in [1.29, 1.82) is 0 Å². The summed E-state index contributed by atoms with van der Waals surface area (Å²) in [6.45, 7) is 11.0. The minimum atomic E-state index is -0.0623. The maximum Gasteiger partial charge on any atom is 0.224 e. The zero-order chi connectivity index (χ0) is 18.2. The average Bonchev–Trinajstić information content (AvgIpc) is 2.63. The third kappa shape index (κ3) is 5.46. The van der Waals surface area contributed by atoms with E-state index in [2.05, 4.69) is 11.8 Å². The molecule has 6 nitrogen and oxygen atoms in total. The van der Waals surface area contributed by atoms with Crippen molar-refractivity contribution < 1.29 is 14.3 Å². The van der Waals surface area contributed by atoms with Crippen LogP contribution in [-0.2, 0) is 9.59 Å². The first-order valence-electron chi connectivity index (χ1n) is 9.06. The molecule has 1 aromatic rings. The van der Waals surface area contributed by atoms with Gasteiger partial charge in [-0.1, -0.05) is 6.92 Å². The van der Waals surface area contributed by atoms with Gasteiger partial charge in [-0.15, -0.1) is 0 Å². The Labute approximate surface area is 150 Å². The Bertz CT molecular complexity index is 566. The van der Waals surface area contributed by atoms with E-state index in [1.807, 2.05) is 36.1 Å². The van der Waals surface area contributed by atoms with E-state index in [4.69, 9.17) is 4.74 Å². The molecule has 2 rings (SSSR count). The molecule has 25 heavy (non-hydrogen) atoms. The molecule has 1 aromatic carbocycles. The Hall–Kier alpha value is -2.08. The summed E-state index contributed by atoms with van der Waals surface area (Å²) in [5.41, 5.74) is 0.791. The van der Waals surface area contributed by atoms with Gasteiger partial charge in [0.15, 0.2) is 0 Å². The number of piperazine rings is 1. The van der Waals surface area contributed by atoms with Crippen molar-refractivity contribution in [2.75, 3.05) is 50.8 Å². The van der Waals surface area contributed by atoms with E-state index in [0.717, 1.165) is 44.2 Å². The quantitative estimate of drug-likeness (QED) is 0.757. The fourth-order valence-electron chi connectivity index (χ4n) is 3.04. The van der Waals surface area contributed by atoms with Crippen LogP contribution in [0.4, 0.5) is 5.69 Å². The van der Waals surface area contributed by atoms with E-state index in [1.54, 1.807) is 4.90 Å². The Balaban J connectivity index is 1.91. The lowest BCUT2D eigenvalue weighted by Gasteiger charge is -2.34. The molecular formula is C19H29N3O3. The van der Waals surface area contributed by atoms with Crippen LogP contribution in [-0.4, -0.2) is 67.5 Å². The van der Waals surface area contributed by atoms with E-state index in [0.29, 0.717) is 19.6 Å². The molecule has 0 aromatic heterocycles. The first-order chi connectivity index (χ1) is 12.0. The van der Waals surface area contributed by atoms with Crippen molar-refractivity contribution in [1.82, 2.24) is 9.80 Å². The number of likely N-dealkylation sites (N-methyl/N-ethyl adjacent to an activating group) is 1. The summed E-state index contributed by atoms with van der Waals surface area (Å²) in [7, 11) is 0. The normalized spacial score (nSPS) is 15.1. The summed E-state index contributed by atoms with van der Waals surface area (Å²) in [5.74, 6) is 0.834. The highest BCUT2D eigenvalue weighted by Crippen LogP contribution is 2.20. The SMILES string of the molecule is CCOc1ccc(N(CCC(=O)N2CCN(CC)CC2)C(C)=O)cc1. The van der Waals surface area contributed by atoms with Gasteiger partial charge in [0.2, 0.25) is 11.8 Å². The number of rotatable bonds is 7. The van der Waals surface area contributed by atoms with Gasteiger partial charge in [0.25, 0.3) is 0 Å². The highest BCUT2D eigenvalue weighted by molar-refractivity contribution is 5.92. The van der Waals surface area contributed by atoms with Crippen LogP contribution >= 0.6 is 0 Å². The van der Waals surface area contributed by atoms with Gasteiger partial charge in [0, 0.05) is 51.8 Å². The molecule has 2 amide bonds. The molecule has 1 fully saturated rings. The van der Waals surface area contributed by atoms with Crippen LogP contribution in [0.2, 0.25) is 0 Å². The fraction of sp³-hybridized carbons (Fsp3) is 0.579. The smallest absolute Gasteiger partial charge is 0.224 e. The summed E-state index contributed by atoms with van der Waals surface area (Å²) in [5, 5.41) is 0. The molecule has 0 bridgehead atoms. The Morgan fingerprint density at radius 3 is 2.24 bits per heavy atom. The number of carbonyl (C=O) groups excluding carboxylic acids is 2. The predicted octanol–water partition coefficient (Wildman–Crippen LogP) is 1.99. The van der Waals surface area contributed by atoms with E-state index in [9.17, 15) is 9.59 Å². The Morgan fingerprint density at radius 2 is 1.72 bits per heavy atom. The standard InChI is InChI=1S/C19H29N3O3/c1-4-20-12-14-21(15-13-20)19(24)10-11-22(16(3)23)17-6-8-18(9-7-17)25-5-2/h6-9H,4-5,10-15H2,1-3H3. The van der Waals surface area contributed by atoms with Gasteiger partial charge in [-0.3, -0.25) is 9.59 Å². The zero-order valence-corrected chi connectivity index (χ0v) is 15.5. The van der Waals surface area contributed by atoms with E-state index in [1.165, 1.54) is 6.92 Å². The second kappa shape index (κ2) is 9.42. The summed E-state index contributed by atoms with van der Waals surface area (Å²) < 4.78 is 5.43. The minimum Gasteiger partial charge on any atom is -0.494 e. The molecule has 0 unspecified atom stereocenters. The van der Waals surface area contributed by atoms with Crippen LogP contribution < -0.4 is 9.64 Å². The molecule has 1 aliphatic heterocycles.